The lowest BCUT2D eigenvalue weighted by molar-refractivity contribution is -0.525. The summed E-state index contributed by atoms with van der Waals surface area (Å²) in [7, 11) is 0. The van der Waals surface area contributed by atoms with Crippen molar-refractivity contribution < 1.29 is 29.0 Å². The molecule has 2 N–H and O–H groups in total. The van der Waals surface area contributed by atoms with Crippen LogP contribution in [-0.2, 0) is 16.1 Å². The van der Waals surface area contributed by atoms with E-state index >= 15 is 0 Å². The average Bonchev–Trinajstić information content (AvgIpc) is 2.83. The summed E-state index contributed by atoms with van der Waals surface area (Å²) in [5.41, 5.74) is 2.45. The Bertz CT molecular complexity index is 1210. The van der Waals surface area contributed by atoms with Gasteiger partial charge in [-0.3, -0.25) is 10.1 Å². The number of carbonyl (C=O) groups excluding carboxylic acids is 1. The highest BCUT2D eigenvalue weighted by Crippen LogP contribution is 2.42. The molecule has 0 aliphatic carbocycles. The number of rotatable bonds is 10. The Kier molecular flexibility index (Phi) is 8.39. The molecule has 0 bridgehead atoms. The number of aliphatic imine (C=N–C) groups is 1. The minimum Gasteiger partial charge on any atom is -0.490 e. The Balaban J connectivity index is 2.14. The highest BCUT2D eigenvalue weighted by molar-refractivity contribution is 5.95. The summed E-state index contributed by atoms with van der Waals surface area (Å²) in [6.07, 6.45) is 0. The van der Waals surface area contributed by atoms with E-state index in [9.17, 15) is 25.0 Å². The number of guanidine groups is 1. The monoisotopic (exact) mass is 499 g/mol. The van der Waals surface area contributed by atoms with Crippen LogP contribution in [0.4, 0.5) is 5.69 Å². The van der Waals surface area contributed by atoms with Crippen LogP contribution in [0.25, 0.3) is 0 Å². The molecule has 1 atom stereocenters. The van der Waals surface area contributed by atoms with Crippen molar-refractivity contribution >= 4 is 17.6 Å². The smallest absolute Gasteiger partial charge is 0.338 e. The van der Waals surface area contributed by atoms with Crippen LogP contribution in [0.2, 0.25) is 0 Å². The van der Waals surface area contributed by atoms with Gasteiger partial charge in [0, 0.05) is 5.70 Å². The number of allylic oxidation sites excluding steroid dienone is 1. The molecule has 0 spiro atoms. The Morgan fingerprint density at radius 3 is 2.39 bits per heavy atom. The summed E-state index contributed by atoms with van der Waals surface area (Å²) in [4.78, 5) is 39.4. The van der Waals surface area contributed by atoms with E-state index in [1.807, 2.05) is 35.8 Å². The third-order valence-corrected chi connectivity index (χ3v) is 5.06. The summed E-state index contributed by atoms with van der Waals surface area (Å²) < 4.78 is 16.6. The third kappa shape index (κ3) is 6.05. The molecule has 0 aromatic heterocycles. The molecule has 0 radical (unpaired) electrons. The van der Waals surface area contributed by atoms with Gasteiger partial charge in [0.2, 0.25) is 0 Å². The molecule has 1 aliphatic heterocycles. The number of carbonyl (C=O) groups is 1. The van der Waals surface area contributed by atoms with Crippen LogP contribution in [0.1, 0.15) is 37.9 Å². The fourth-order valence-electron chi connectivity index (χ4n) is 3.58. The maximum Gasteiger partial charge on any atom is 0.338 e. The van der Waals surface area contributed by atoms with Gasteiger partial charge in [-0.05, 0) is 32.4 Å². The minimum atomic E-state index is -1.30. The molecule has 1 heterocycles. The van der Waals surface area contributed by atoms with E-state index in [2.05, 4.69) is 10.3 Å². The number of nitro groups is 2. The molecule has 13 heteroatoms. The van der Waals surface area contributed by atoms with Gasteiger partial charge < -0.3 is 19.5 Å². The molecular weight excluding hydrogens is 474 g/mol. The molecule has 0 unspecified atom stereocenters. The number of nitro benzene ring substituents is 1. The second kappa shape index (κ2) is 11.6. The molecule has 2 aromatic carbocycles. The van der Waals surface area contributed by atoms with Gasteiger partial charge in [-0.25, -0.2) is 19.9 Å². The van der Waals surface area contributed by atoms with Crippen LogP contribution in [0.5, 0.6) is 11.5 Å². The van der Waals surface area contributed by atoms with E-state index in [-0.39, 0.29) is 54.1 Å². The molecule has 0 saturated carbocycles. The lowest BCUT2D eigenvalue weighted by atomic mass is 9.94. The first kappa shape index (κ1) is 25.9. The number of ether oxygens (including phenoxy) is 3. The Hall–Kier alpha value is -4.68. The second-order valence-electron chi connectivity index (χ2n) is 7.46. The number of hydrazine groups is 1. The molecule has 13 nitrogen and oxygen atoms in total. The van der Waals surface area contributed by atoms with Crippen LogP contribution < -0.4 is 20.2 Å². The SMILES string of the molecule is CCOC(=O)C1=C(C)NC(N[N+](=O)[O-])=N[C@@H]1c1cc(OCC)c(OCc2ccccc2)cc1[N+](=O)[O-]. The molecule has 3 rings (SSSR count). The molecule has 36 heavy (non-hydrogen) atoms. The highest BCUT2D eigenvalue weighted by Gasteiger charge is 2.36. The van der Waals surface area contributed by atoms with Crippen LogP contribution in [0.15, 0.2) is 58.7 Å². The van der Waals surface area contributed by atoms with Crippen molar-refractivity contribution in [3.63, 3.8) is 0 Å². The number of hydrogen-bond acceptors (Lipinski definition) is 10. The zero-order valence-electron chi connectivity index (χ0n) is 19.8. The molecular formula is C23H25N5O8. The van der Waals surface area contributed by atoms with Crippen molar-refractivity contribution in [3.8, 4) is 11.5 Å². The van der Waals surface area contributed by atoms with E-state index in [0.717, 1.165) is 5.56 Å². The van der Waals surface area contributed by atoms with Crippen LogP contribution in [-0.4, -0.2) is 35.1 Å². The zero-order valence-corrected chi connectivity index (χ0v) is 19.8. The Morgan fingerprint density at radius 2 is 1.78 bits per heavy atom. The van der Waals surface area contributed by atoms with Gasteiger partial charge in [-0.1, -0.05) is 35.8 Å². The van der Waals surface area contributed by atoms with Crippen molar-refractivity contribution in [2.45, 2.75) is 33.4 Å². The van der Waals surface area contributed by atoms with Gasteiger partial charge in [0.05, 0.1) is 35.3 Å². The Morgan fingerprint density at radius 1 is 1.08 bits per heavy atom. The maximum absolute atomic E-state index is 12.8. The Labute approximate surface area is 206 Å². The number of benzene rings is 2. The maximum atomic E-state index is 12.8. The fourth-order valence-corrected chi connectivity index (χ4v) is 3.58. The highest BCUT2D eigenvalue weighted by atomic mass is 16.7. The molecule has 0 saturated heterocycles. The number of nitrogens with zero attached hydrogens (tertiary/aromatic N) is 3. The minimum absolute atomic E-state index is 0.0259. The van der Waals surface area contributed by atoms with E-state index in [0.29, 0.717) is 0 Å². The summed E-state index contributed by atoms with van der Waals surface area (Å²) in [6, 6.07) is 10.5. The standard InChI is InChI=1S/C23H25N5O8/c1-4-34-18-11-16(17(27(30)31)12-19(18)36-13-15-9-7-6-8-10-15)21-20(22(29)35-5-2)14(3)24-23(25-21)26-28(32)33/h6-12,21H,4-5,13H2,1-3H3,(H2,24,25,26)/t21-/m1/s1. The topological polar surface area (TPSA) is 167 Å². The lowest BCUT2D eigenvalue weighted by Gasteiger charge is -2.25. The summed E-state index contributed by atoms with van der Waals surface area (Å²) >= 11 is 0. The molecule has 0 amide bonds. The first-order valence-electron chi connectivity index (χ1n) is 11.0. The predicted octanol–water partition coefficient (Wildman–Crippen LogP) is 3.19. The fraction of sp³-hybridized carbons (Fsp3) is 0.304. The first-order valence-corrected chi connectivity index (χ1v) is 11.0. The van der Waals surface area contributed by atoms with Crippen molar-refractivity contribution in [3.05, 3.63) is 85.1 Å². The van der Waals surface area contributed by atoms with E-state index < -0.39 is 27.7 Å². The molecule has 190 valence electrons. The van der Waals surface area contributed by atoms with Crippen LogP contribution >= 0.6 is 0 Å². The van der Waals surface area contributed by atoms with E-state index in [1.165, 1.54) is 19.1 Å². The van der Waals surface area contributed by atoms with E-state index in [1.54, 1.807) is 13.8 Å². The largest absolute Gasteiger partial charge is 0.490 e. The normalized spacial score (nSPS) is 14.9. The van der Waals surface area contributed by atoms with Gasteiger partial charge in [0.1, 0.15) is 12.6 Å². The summed E-state index contributed by atoms with van der Waals surface area (Å²) in [6.45, 7) is 5.23. The van der Waals surface area contributed by atoms with Crippen molar-refractivity contribution in [1.82, 2.24) is 10.7 Å². The van der Waals surface area contributed by atoms with Crippen LogP contribution in [0.3, 0.4) is 0 Å². The van der Waals surface area contributed by atoms with Gasteiger partial charge in [-0.15, -0.1) is 0 Å². The lowest BCUT2D eigenvalue weighted by Crippen LogP contribution is -2.43. The third-order valence-electron chi connectivity index (χ3n) is 5.06. The molecule has 2 aromatic rings. The quantitative estimate of drug-likeness (QED) is 0.281. The predicted molar refractivity (Wildman–Crippen MR) is 128 cm³/mol. The number of nitrogens with one attached hydrogen (secondary N) is 2. The van der Waals surface area contributed by atoms with Gasteiger partial charge in [0.25, 0.3) is 11.6 Å². The first-order chi connectivity index (χ1) is 17.2. The van der Waals surface area contributed by atoms with Crippen molar-refractivity contribution in [1.29, 1.82) is 0 Å². The zero-order chi connectivity index (χ0) is 26.2. The number of esters is 1. The van der Waals surface area contributed by atoms with Crippen molar-refractivity contribution in [2.24, 2.45) is 4.99 Å². The summed E-state index contributed by atoms with van der Waals surface area (Å²) in [5, 5.41) is 24.9. The van der Waals surface area contributed by atoms with Crippen LogP contribution in [0, 0.1) is 20.2 Å². The molecule has 0 fully saturated rings. The second-order valence-corrected chi connectivity index (χ2v) is 7.46. The van der Waals surface area contributed by atoms with Gasteiger partial charge in [-0.2, -0.15) is 0 Å². The summed E-state index contributed by atoms with van der Waals surface area (Å²) in [5.74, 6) is -0.760. The van der Waals surface area contributed by atoms with E-state index in [4.69, 9.17) is 14.2 Å². The number of hydrogen-bond donors (Lipinski definition) is 2. The average molecular weight is 499 g/mol. The molecule has 1 aliphatic rings. The van der Waals surface area contributed by atoms with Gasteiger partial charge in [0.15, 0.2) is 16.5 Å². The van der Waals surface area contributed by atoms with Gasteiger partial charge >= 0.3 is 5.97 Å². The van der Waals surface area contributed by atoms with Crippen molar-refractivity contribution in [2.75, 3.05) is 13.2 Å².